The van der Waals surface area contributed by atoms with Crippen molar-refractivity contribution in [3.63, 3.8) is 0 Å². The number of carbonyl (C=O) groups excluding carboxylic acids is 1. The molecule has 1 aromatic carbocycles. The fourth-order valence-corrected chi connectivity index (χ4v) is 3.56. The third kappa shape index (κ3) is 4.95. The quantitative estimate of drug-likeness (QED) is 0.517. The molecule has 0 aliphatic rings. The lowest BCUT2D eigenvalue weighted by Crippen LogP contribution is -2.34. The van der Waals surface area contributed by atoms with E-state index in [4.69, 9.17) is 4.74 Å². The second-order valence-electron chi connectivity index (χ2n) is 7.88. The number of nitrogens with zero attached hydrogens (tertiary/aromatic N) is 3. The maximum Gasteiger partial charge on any atom is 0.267 e. The van der Waals surface area contributed by atoms with Gasteiger partial charge in [-0.25, -0.2) is 4.39 Å². The molecule has 0 radical (unpaired) electrons. The normalized spacial score (nSPS) is 11.3. The van der Waals surface area contributed by atoms with Crippen LogP contribution in [0.15, 0.2) is 35.3 Å². The molecule has 9 heteroatoms. The van der Waals surface area contributed by atoms with Crippen molar-refractivity contribution in [2.75, 3.05) is 34.4 Å². The number of carbonyl (C=O) groups is 1. The summed E-state index contributed by atoms with van der Waals surface area (Å²) >= 11 is 0. The molecule has 0 bridgehead atoms. The Bertz CT molecular complexity index is 1210. The van der Waals surface area contributed by atoms with Gasteiger partial charge in [0.05, 0.1) is 12.1 Å². The van der Waals surface area contributed by atoms with Crippen LogP contribution in [0.2, 0.25) is 0 Å². The zero-order chi connectivity index (χ0) is 23.4. The third-order valence-corrected chi connectivity index (χ3v) is 5.13. The molecule has 0 saturated carbocycles. The molecular weight excluding hydrogens is 415 g/mol. The average molecular weight is 442 g/mol. The van der Waals surface area contributed by atoms with E-state index >= 15 is 0 Å². The molecule has 3 rings (SSSR count). The van der Waals surface area contributed by atoms with E-state index in [1.54, 1.807) is 18.3 Å². The molecule has 0 saturated heterocycles. The molecule has 0 aliphatic heterocycles. The van der Waals surface area contributed by atoms with Crippen molar-refractivity contribution in [3.8, 4) is 5.75 Å². The number of nitrogens with one attached hydrogen (secondary N) is 1. The Morgan fingerprint density at radius 1 is 1.28 bits per heavy atom. The number of hydrogen-bond donors (Lipinski definition) is 2. The number of hydrogen-bond acceptors (Lipinski definition) is 6. The lowest BCUT2D eigenvalue weighted by atomic mass is 9.99. The minimum absolute atomic E-state index is 0.153. The summed E-state index contributed by atoms with van der Waals surface area (Å²) < 4.78 is 19.9. The SMILES string of the molecule is COCCNC(=O)c1c(O)c2ncc(Cc3ccc(F)cc3CN(C)C)cc2n(C)c1=O. The maximum atomic E-state index is 13.8. The van der Waals surface area contributed by atoms with Gasteiger partial charge in [0, 0.05) is 33.4 Å². The van der Waals surface area contributed by atoms with Crippen molar-refractivity contribution in [2.45, 2.75) is 13.0 Å². The largest absolute Gasteiger partial charge is 0.505 e. The second-order valence-corrected chi connectivity index (χ2v) is 7.88. The molecule has 0 spiro atoms. The summed E-state index contributed by atoms with van der Waals surface area (Å²) in [6.07, 6.45) is 2.06. The van der Waals surface area contributed by atoms with Crippen LogP contribution in [0.1, 0.15) is 27.0 Å². The van der Waals surface area contributed by atoms with Gasteiger partial charge in [-0.1, -0.05) is 6.07 Å². The standard InChI is InChI=1S/C23H27FN4O4/c1-27(2)13-16-11-17(24)6-5-15(16)9-14-10-18-20(26-12-14)21(29)19(23(31)28(18)3)22(30)25-7-8-32-4/h5-6,10-12,29H,7-9,13H2,1-4H3,(H,25,30). The van der Waals surface area contributed by atoms with Crippen LogP contribution < -0.4 is 10.9 Å². The van der Waals surface area contributed by atoms with Crippen LogP contribution in [-0.4, -0.2) is 59.8 Å². The second kappa shape index (κ2) is 9.88. The van der Waals surface area contributed by atoms with E-state index in [9.17, 15) is 19.1 Å². The van der Waals surface area contributed by atoms with E-state index < -0.39 is 17.2 Å². The van der Waals surface area contributed by atoms with Gasteiger partial charge in [0.25, 0.3) is 11.5 Å². The van der Waals surface area contributed by atoms with Crippen LogP contribution in [0.4, 0.5) is 4.39 Å². The van der Waals surface area contributed by atoms with Gasteiger partial charge in [-0.2, -0.15) is 0 Å². The van der Waals surface area contributed by atoms with Gasteiger partial charge < -0.3 is 24.6 Å². The Kier molecular flexibility index (Phi) is 7.22. The highest BCUT2D eigenvalue weighted by Gasteiger charge is 2.22. The molecule has 2 heterocycles. The van der Waals surface area contributed by atoms with Crippen LogP contribution in [0, 0.1) is 5.82 Å². The van der Waals surface area contributed by atoms with Crippen molar-refractivity contribution in [3.05, 3.63) is 68.9 Å². The number of fused-ring (bicyclic) bond motifs is 1. The molecule has 8 nitrogen and oxygen atoms in total. The Hall–Kier alpha value is -3.30. The minimum Gasteiger partial charge on any atom is -0.505 e. The van der Waals surface area contributed by atoms with Crippen LogP contribution in [0.25, 0.3) is 11.0 Å². The highest BCUT2D eigenvalue weighted by atomic mass is 19.1. The number of aryl methyl sites for hydroxylation is 1. The van der Waals surface area contributed by atoms with Crippen LogP contribution >= 0.6 is 0 Å². The number of benzene rings is 1. The van der Waals surface area contributed by atoms with E-state index in [-0.39, 0.29) is 30.0 Å². The first-order chi connectivity index (χ1) is 15.2. The predicted molar refractivity (Wildman–Crippen MR) is 119 cm³/mol. The molecule has 170 valence electrons. The first kappa shape index (κ1) is 23.4. The number of rotatable bonds is 8. The van der Waals surface area contributed by atoms with Gasteiger partial charge in [0.2, 0.25) is 0 Å². The summed E-state index contributed by atoms with van der Waals surface area (Å²) in [6, 6.07) is 6.42. The fourth-order valence-electron chi connectivity index (χ4n) is 3.56. The monoisotopic (exact) mass is 442 g/mol. The zero-order valence-electron chi connectivity index (χ0n) is 18.6. The van der Waals surface area contributed by atoms with Crippen molar-refractivity contribution in [1.82, 2.24) is 19.8 Å². The van der Waals surface area contributed by atoms with Gasteiger partial charge in [-0.15, -0.1) is 0 Å². The number of pyridine rings is 2. The highest BCUT2D eigenvalue weighted by molar-refractivity contribution is 6.01. The lowest BCUT2D eigenvalue weighted by Gasteiger charge is -2.15. The van der Waals surface area contributed by atoms with Gasteiger partial charge in [-0.3, -0.25) is 14.6 Å². The summed E-state index contributed by atoms with van der Waals surface area (Å²) in [5.74, 6) is -1.45. The van der Waals surface area contributed by atoms with Crippen molar-refractivity contribution < 1.29 is 19.0 Å². The van der Waals surface area contributed by atoms with E-state index in [1.165, 1.54) is 30.9 Å². The fraction of sp³-hybridized carbons (Fsp3) is 0.348. The van der Waals surface area contributed by atoms with Crippen molar-refractivity contribution in [1.29, 1.82) is 0 Å². The number of ether oxygens (including phenoxy) is 1. The third-order valence-electron chi connectivity index (χ3n) is 5.13. The zero-order valence-corrected chi connectivity index (χ0v) is 18.6. The number of halogens is 1. The highest BCUT2D eigenvalue weighted by Crippen LogP contribution is 2.26. The van der Waals surface area contributed by atoms with E-state index in [0.29, 0.717) is 18.5 Å². The molecule has 32 heavy (non-hydrogen) atoms. The van der Waals surface area contributed by atoms with E-state index in [1.807, 2.05) is 19.0 Å². The molecule has 2 aromatic heterocycles. The van der Waals surface area contributed by atoms with Gasteiger partial charge >= 0.3 is 0 Å². The summed E-state index contributed by atoms with van der Waals surface area (Å²) in [4.78, 5) is 31.5. The lowest BCUT2D eigenvalue weighted by molar-refractivity contribution is 0.0932. The molecule has 0 unspecified atom stereocenters. The Labute approximate surface area is 185 Å². The molecule has 3 aromatic rings. The molecular formula is C23H27FN4O4. The maximum absolute atomic E-state index is 13.8. The number of amides is 1. The Morgan fingerprint density at radius 3 is 2.72 bits per heavy atom. The Morgan fingerprint density at radius 2 is 2.03 bits per heavy atom. The van der Waals surface area contributed by atoms with E-state index in [0.717, 1.165) is 16.7 Å². The van der Waals surface area contributed by atoms with E-state index in [2.05, 4.69) is 10.3 Å². The number of aromatic nitrogens is 2. The summed E-state index contributed by atoms with van der Waals surface area (Å²) in [5, 5.41) is 13.2. The van der Waals surface area contributed by atoms with Gasteiger partial charge in [0.1, 0.15) is 16.9 Å². The molecule has 2 N–H and O–H groups in total. The van der Waals surface area contributed by atoms with Crippen LogP contribution in [-0.2, 0) is 24.8 Å². The van der Waals surface area contributed by atoms with Crippen molar-refractivity contribution >= 4 is 16.9 Å². The Balaban J connectivity index is 2.00. The predicted octanol–water partition coefficient (Wildman–Crippen LogP) is 1.81. The number of aromatic hydroxyl groups is 1. The minimum atomic E-state index is -0.687. The van der Waals surface area contributed by atoms with Gasteiger partial charge in [0.15, 0.2) is 5.75 Å². The first-order valence-electron chi connectivity index (χ1n) is 10.1. The molecule has 0 fully saturated rings. The molecule has 1 amide bonds. The summed E-state index contributed by atoms with van der Waals surface area (Å²) in [5.41, 5.74) is 2.15. The molecule has 0 aliphatic carbocycles. The van der Waals surface area contributed by atoms with Gasteiger partial charge in [-0.05, 0) is 55.4 Å². The topological polar surface area (TPSA) is 96.7 Å². The van der Waals surface area contributed by atoms with Crippen molar-refractivity contribution in [2.24, 2.45) is 7.05 Å². The number of methoxy groups -OCH3 is 1. The summed E-state index contributed by atoms with van der Waals surface area (Å²) in [7, 11) is 6.84. The van der Waals surface area contributed by atoms with Crippen LogP contribution in [0.5, 0.6) is 5.75 Å². The smallest absolute Gasteiger partial charge is 0.267 e. The molecule has 0 atom stereocenters. The summed E-state index contributed by atoms with van der Waals surface area (Å²) in [6.45, 7) is 1.06. The van der Waals surface area contributed by atoms with Crippen LogP contribution in [0.3, 0.4) is 0 Å². The average Bonchev–Trinajstić information content (AvgIpc) is 2.74. The first-order valence-corrected chi connectivity index (χ1v) is 10.1.